The van der Waals surface area contributed by atoms with Crippen molar-refractivity contribution in [2.45, 2.75) is 108 Å². The lowest BCUT2D eigenvalue weighted by Crippen LogP contribution is -2.54. The van der Waals surface area contributed by atoms with Crippen LogP contribution in [-0.2, 0) is 25.7 Å². The third kappa shape index (κ3) is 8.99. The molecule has 4 aromatic rings. The van der Waals surface area contributed by atoms with Crippen molar-refractivity contribution < 1.29 is 37.4 Å². The SMILES string of the molecule is CNC(=O)COc1cc2cc(Nc3nc(N4CCC(OC5CC(N6CCC(c7cc(F)c8c(c7)C(=O)N(C7CCC(=O)NC7=O)C8)[C@@H](F)C6)C5)CC4)ncc3Cl)ccc2n(C(C)C)c1=O. The molecule has 344 valence electrons. The maximum atomic E-state index is 15.9. The van der Waals surface area contributed by atoms with Crippen LogP contribution in [0.2, 0.25) is 5.02 Å². The van der Waals surface area contributed by atoms with Gasteiger partial charge in [0.05, 0.1) is 30.5 Å². The van der Waals surface area contributed by atoms with Crippen LogP contribution in [0.15, 0.2) is 47.4 Å². The molecule has 5 aliphatic rings. The Labute approximate surface area is 379 Å². The van der Waals surface area contributed by atoms with Gasteiger partial charge in [-0.25, -0.2) is 13.8 Å². The number of piperidine rings is 3. The van der Waals surface area contributed by atoms with Gasteiger partial charge in [0.25, 0.3) is 17.4 Å². The van der Waals surface area contributed by atoms with Crippen LogP contribution < -0.4 is 31.1 Å². The number of likely N-dealkylation sites (N-methyl/N-ethyl adjacent to an activating group) is 1. The van der Waals surface area contributed by atoms with Gasteiger partial charge in [0, 0.05) is 73.3 Å². The molecule has 2 unspecified atom stereocenters. The Bertz CT molecular complexity index is 2600. The Morgan fingerprint density at radius 3 is 2.52 bits per heavy atom. The highest BCUT2D eigenvalue weighted by Crippen LogP contribution is 2.40. The third-order valence-corrected chi connectivity index (χ3v) is 13.7. The van der Waals surface area contributed by atoms with Gasteiger partial charge >= 0.3 is 0 Å². The van der Waals surface area contributed by atoms with E-state index in [0.29, 0.717) is 59.6 Å². The van der Waals surface area contributed by atoms with Gasteiger partial charge < -0.3 is 34.5 Å². The number of carbonyl (C=O) groups is 4. The molecule has 0 radical (unpaired) electrons. The van der Waals surface area contributed by atoms with E-state index in [-0.39, 0.29) is 85.2 Å². The lowest BCUT2D eigenvalue weighted by molar-refractivity contribution is -0.137. The molecule has 16 nitrogen and oxygen atoms in total. The molecule has 19 heteroatoms. The lowest BCUT2D eigenvalue weighted by Gasteiger charge is -2.47. The van der Waals surface area contributed by atoms with E-state index in [1.807, 2.05) is 32.0 Å². The molecule has 3 N–H and O–H groups in total. The van der Waals surface area contributed by atoms with Crippen molar-refractivity contribution in [2.75, 3.05) is 50.1 Å². The van der Waals surface area contributed by atoms with Crippen LogP contribution in [-0.4, -0.2) is 118 Å². The second kappa shape index (κ2) is 18.3. The first-order chi connectivity index (χ1) is 31.2. The number of benzene rings is 2. The van der Waals surface area contributed by atoms with Crippen LogP contribution in [0.25, 0.3) is 10.9 Å². The van der Waals surface area contributed by atoms with E-state index < -0.39 is 41.7 Å². The Kier molecular flexibility index (Phi) is 12.5. The monoisotopic (exact) mass is 915 g/mol. The molecule has 4 amide bonds. The number of anilines is 3. The Balaban J connectivity index is 0.756. The first-order valence-corrected chi connectivity index (χ1v) is 22.7. The molecular formula is C46H52ClF2N9O7. The van der Waals surface area contributed by atoms with Crippen LogP contribution in [0, 0.1) is 5.82 Å². The van der Waals surface area contributed by atoms with Gasteiger partial charge in [-0.1, -0.05) is 11.6 Å². The van der Waals surface area contributed by atoms with Crippen LogP contribution in [0.1, 0.15) is 92.2 Å². The number of halogens is 3. The summed E-state index contributed by atoms with van der Waals surface area (Å²) in [6, 6.07) is 9.31. The van der Waals surface area contributed by atoms with Crippen molar-refractivity contribution in [3.8, 4) is 5.75 Å². The van der Waals surface area contributed by atoms with Crippen molar-refractivity contribution in [1.29, 1.82) is 0 Å². The van der Waals surface area contributed by atoms with Gasteiger partial charge in [-0.15, -0.1) is 0 Å². The molecule has 1 aliphatic carbocycles. The van der Waals surface area contributed by atoms with E-state index >= 15 is 8.78 Å². The second-order valence-electron chi connectivity index (χ2n) is 17.9. The number of ether oxygens (including phenoxy) is 2. The molecule has 3 atom stereocenters. The number of amides is 4. The summed E-state index contributed by atoms with van der Waals surface area (Å²) in [5, 5.41) is 9.12. The molecule has 2 aromatic heterocycles. The van der Waals surface area contributed by atoms with E-state index in [2.05, 4.69) is 30.7 Å². The summed E-state index contributed by atoms with van der Waals surface area (Å²) in [6.07, 6.45) is 4.42. The largest absolute Gasteiger partial charge is 0.478 e. The van der Waals surface area contributed by atoms with Gasteiger partial charge in [-0.05, 0) is 101 Å². The average molecular weight is 916 g/mol. The summed E-state index contributed by atoms with van der Waals surface area (Å²) in [5.74, 6) is -1.88. The number of hydrogen-bond donors (Lipinski definition) is 3. The van der Waals surface area contributed by atoms with Crippen LogP contribution in [0.3, 0.4) is 0 Å². The van der Waals surface area contributed by atoms with E-state index in [0.717, 1.165) is 31.1 Å². The van der Waals surface area contributed by atoms with Gasteiger partial charge in [-0.2, -0.15) is 4.98 Å². The zero-order valence-corrected chi connectivity index (χ0v) is 37.2. The number of carbonyl (C=O) groups excluding carboxylic acids is 4. The van der Waals surface area contributed by atoms with E-state index in [9.17, 15) is 24.0 Å². The summed E-state index contributed by atoms with van der Waals surface area (Å²) in [5.41, 5.74) is 1.89. The highest BCUT2D eigenvalue weighted by molar-refractivity contribution is 6.33. The number of nitrogens with one attached hydrogen (secondary N) is 3. The van der Waals surface area contributed by atoms with Crippen molar-refractivity contribution >= 4 is 63.6 Å². The molecule has 4 fully saturated rings. The summed E-state index contributed by atoms with van der Waals surface area (Å²) >= 11 is 6.58. The van der Waals surface area contributed by atoms with Crippen molar-refractivity contribution in [3.05, 3.63) is 80.5 Å². The predicted molar refractivity (Wildman–Crippen MR) is 238 cm³/mol. The molecule has 0 bridgehead atoms. The third-order valence-electron chi connectivity index (χ3n) is 13.5. The van der Waals surface area contributed by atoms with Crippen molar-refractivity contribution in [2.24, 2.45) is 0 Å². The minimum absolute atomic E-state index is 0.0627. The van der Waals surface area contributed by atoms with E-state index in [1.54, 1.807) is 22.9 Å². The number of fused-ring (bicyclic) bond motifs is 2. The highest BCUT2D eigenvalue weighted by atomic mass is 35.5. The predicted octanol–water partition coefficient (Wildman–Crippen LogP) is 5.14. The molecule has 3 saturated heterocycles. The van der Waals surface area contributed by atoms with Crippen molar-refractivity contribution in [3.63, 3.8) is 0 Å². The Hall–Kier alpha value is -5.72. The zero-order valence-electron chi connectivity index (χ0n) is 36.5. The number of likely N-dealkylation sites (tertiary alicyclic amines) is 1. The zero-order chi connectivity index (χ0) is 45.7. The summed E-state index contributed by atoms with van der Waals surface area (Å²) in [6.45, 7) is 5.69. The van der Waals surface area contributed by atoms with Gasteiger partial charge in [0.2, 0.25) is 17.8 Å². The molecule has 6 heterocycles. The molecule has 9 rings (SSSR count). The number of nitrogens with zero attached hydrogens (tertiary/aromatic N) is 6. The van der Waals surface area contributed by atoms with E-state index in [4.69, 9.17) is 26.1 Å². The van der Waals surface area contributed by atoms with Gasteiger partial charge in [0.15, 0.2) is 18.2 Å². The number of rotatable bonds is 12. The number of aromatic nitrogens is 3. The minimum atomic E-state index is -1.24. The molecule has 1 saturated carbocycles. The summed E-state index contributed by atoms with van der Waals surface area (Å²) < 4.78 is 45.1. The lowest BCUT2D eigenvalue weighted by atomic mass is 9.82. The van der Waals surface area contributed by atoms with Gasteiger partial charge in [0.1, 0.15) is 23.1 Å². The molecule has 0 spiro atoms. The summed E-state index contributed by atoms with van der Waals surface area (Å²) in [7, 11) is 1.50. The first kappa shape index (κ1) is 44.5. The maximum absolute atomic E-state index is 15.9. The topological polar surface area (TPSA) is 180 Å². The van der Waals surface area contributed by atoms with Crippen LogP contribution in [0.4, 0.5) is 26.2 Å². The minimum Gasteiger partial charge on any atom is -0.478 e. The number of alkyl halides is 1. The number of hydrogen-bond acceptors (Lipinski definition) is 12. The second-order valence-corrected chi connectivity index (χ2v) is 18.3. The standard InChI is InChI=1S/C46H52ClF2N9O7/c1-24(2)58-37-5-4-27(14-26(37)17-39(45(58)63)64-23-41(60)50-3)52-42-34(47)20-51-46(54-42)55-11-8-29(9-12-55)65-30-18-28(19-30)56-13-10-31(36(49)22-56)25-15-32-33(35(48)16-25)21-57(44(32)62)38-6-7-40(59)53-43(38)61/h4-5,14-17,20,24,28-31,36,38H,6-13,18-19,21-23H2,1-3H3,(H,50,60)(H,51,52,54)(H,53,59,61)/t28?,30?,31?,36-,38?/m0/s1. The molecule has 65 heavy (non-hydrogen) atoms. The Morgan fingerprint density at radius 1 is 1.02 bits per heavy atom. The number of imide groups is 1. The number of pyridine rings is 1. The molecule has 2 aromatic carbocycles. The molecular weight excluding hydrogens is 864 g/mol. The summed E-state index contributed by atoms with van der Waals surface area (Å²) in [4.78, 5) is 77.4. The fourth-order valence-corrected chi connectivity index (χ4v) is 10.0. The maximum Gasteiger partial charge on any atom is 0.293 e. The highest BCUT2D eigenvalue weighted by Gasteiger charge is 2.43. The quantitative estimate of drug-likeness (QED) is 0.160. The Morgan fingerprint density at radius 2 is 1.80 bits per heavy atom. The van der Waals surface area contributed by atoms with E-state index in [1.165, 1.54) is 18.0 Å². The smallest absolute Gasteiger partial charge is 0.293 e. The van der Waals surface area contributed by atoms with Crippen LogP contribution in [0.5, 0.6) is 5.75 Å². The van der Waals surface area contributed by atoms with Gasteiger partial charge in [-0.3, -0.25) is 34.2 Å². The van der Waals surface area contributed by atoms with Crippen molar-refractivity contribution in [1.82, 2.24) is 35.0 Å². The van der Waals surface area contributed by atoms with Crippen LogP contribution >= 0.6 is 11.6 Å². The first-order valence-electron chi connectivity index (χ1n) is 22.3. The fraction of sp³-hybridized carbons (Fsp3) is 0.500. The normalized spacial score (nSPS) is 24.0. The molecule has 4 aliphatic heterocycles. The fourth-order valence-electron chi connectivity index (χ4n) is 9.86. The average Bonchev–Trinajstić information content (AvgIpc) is 3.60.